The van der Waals surface area contributed by atoms with E-state index in [0.29, 0.717) is 0 Å². The lowest BCUT2D eigenvalue weighted by Crippen LogP contribution is -2.17. The summed E-state index contributed by atoms with van der Waals surface area (Å²) in [5, 5.41) is 3.34. The minimum absolute atomic E-state index is 0.209. The lowest BCUT2D eigenvalue weighted by molar-refractivity contribution is 0.699. The lowest BCUT2D eigenvalue weighted by Gasteiger charge is -2.17. The van der Waals surface area contributed by atoms with Crippen LogP contribution in [0.3, 0.4) is 0 Å². The zero-order valence-electron chi connectivity index (χ0n) is 9.63. The molecule has 0 radical (unpaired) electrons. The topological polar surface area (TPSA) is 12.0 Å². The number of rotatable bonds is 3. The van der Waals surface area contributed by atoms with Gasteiger partial charge in [-0.05, 0) is 49.4 Å². The van der Waals surface area contributed by atoms with Gasteiger partial charge in [0.05, 0.1) is 10.4 Å². The summed E-state index contributed by atoms with van der Waals surface area (Å²) in [6, 6.07) is 10.6. The number of aryl methyl sites for hydroxylation is 1. The second-order valence-corrected chi connectivity index (χ2v) is 6.53. The minimum atomic E-state index is 0.209. The van der Waals surface area contributed by atoms with Crippen molar-refractivity contribution in [2.45, 2.75) is 13.0 Å². The van der Waals surface area contributed by atoms with Crippen molar-refractivity contribution in [3.05, 3.63) is 55.1 Å². The number of benzene rings is 1. The molecule has 4 heteroatoms. The summed E-state index contributed by atoms with van der Waals surface area (Å²) in [5.74, 6) is 0. The standard InChI is InChI=1S/C13H13BrClNS/c1-8-7-9(14)3-4-10(8)13(16-2)11-5-6-12(15)17-11/h3-7,13,16H,1-2H3. The monoisotopic (exact) mass is 329 g/mol. The van der Waals surface area contributed by atoms with Gasteiger partial charge in [0.1, 0.15) is 0 Å². The van der Waals surface area contributed by atoms with E-state index in [4.69, 9.17) is 11.6 Å². The third-order valence-electron chi connectivity index (χ3n) is 2.71. The Bertz CT molecular complexity index is 524. The van der Waals surface area contributed by atoms with Gasteiger partial charge < -0.3 is 5.32 Å². The number of hydrogen-bond donors (Lipinski definition) is 1. The molecule has 90 valence electrons. The van der Waals surface area contributed by atoms with Gasteiger partial charge in [-0.3, -0.25) is 0 Å². The predicted molar refractivity (Wildman–Crippen MR) is 79.1 cm³/mol. The second kappa shape index (κ2) is 5.53. The van der Waals surface area contributed by atoms with Crippen LogP contribution in [-0.4, -0.2) is 7.05 Å². The van der Waals surface area contributed by atoms with Gasteiger partial charge in [-0.2, -0.15) is 0 Å². The maximum Gasteiger partial charge on any atom is 0.0931 e. The summed E-state index contributed by atoms with van der Waals surface area (Å²) >= 11 is 11.1. The van der Waals surface area contributed by atoms with E-state index in [-0.39, 0.29) is 6.04 Å². The highest BCUT2D eigenvalue weighted by molar-refractivity contribution is 9.10. The molecule has 1 nitrogen and oxygen atoms in total. The van der Waals surface area contributed by atoms with Crippen LogP contribution < -0.4 is 5.32 Å². The van der Waals surface area contributed by atoms with E-state index in [9.17, 15) is 0 Å². The molecule has 1 heterocycles. The van der Waals surface area contributed by atoms with Crippen LogP contribution in [0.5, 0.6) is 0 Å². The Morgan fingerprint density at radius 3 is 2.59 bits per heavy atom. The fraction of sp³-hybridized carbons (Fsp3) is 0.231. The van der Waals surface area contributed by atoms with E-state index in [1.165, 1.54) is 16.0 Å². The van der Waals surface area contributed by atoms with Gasteiger partial charge in [-0.1, -0.05) is 33.6 Å². The van der Waals surface area contributed by atoms with Crippen LogP contribution in [0, 0.1) is 6.92 Å². The average molecular weight is 331 g/mol. The molecule has 0 spiro atoms. The summed E-state index contributed by atoms with van der Waals surface area (Å²) in [5.41, 5.74) is 2.55. The Labute approximate surface area is 119 Å². The van der Waals surface area contributed by atoms with Crippen LogP contribution >= 0.6 is 38.9 Å². The minimum Gasteiger partial charge on any atom is -0.309 e. The first kappa shape index (κ1) is 13.1. The first-order valence-electron chi connectivity index (χ1n) is 5.30. The van der Waals surface area contributed by atoms with Crippen molar-refractivity contribution in [2.75, 3.05) is 7.05 Å². The fourth-order valence-corrected chi connectivity index (χ4v) is 3.56. The molecule has 0 amide bonds. The highest BCUT2D eigenvalue weighted by Crippen LogP contribution is 2.32. The third kappa shape index (κ3) is 2.91. The van der Waals surface area contributed by atoms with Crippen molar-refractivity contribution >= 4 is 38.9 Å². The predicted octanol–water partition coefficient (Wildman–Crippen LogP) is 4.78. The highest BCUT2D eigenvalue weighted by atomic mass is 79.9. The molecular formula is C13H13BrClNS. The van der Waals surface area contributed by atoms with Crippen molar-refractivity contribution in [1.82, 2.24) is 5.32 Å². The van der Waals surface area contributed by atoms with Crippen molar-refractivity contribution in [3.8, 4) is 0 Å². The molecule has 0 aliphatic rings. The molecule has 0 bridgehead atoms. The Morgan fingerprint density at radius 1 is 1.29 bits per heavy atom. The van der Waals surface area contributed by atoms with Crippen LogP contribution in [-0.2, 0) is 0 Å². The number of thiophene rings is 1. The SMILES string of the molecule is CNC(c1ccc(Cl)s1)c1ccc(Br)cc1C. The van der Waals surface area contributed by atoms with Gasteiger partial charge >= 0.3 is 0 Å². The maximum absolute atomic E-state index is 6.00. The lowest BCUT2D eigenvalue weighted by atomic mass is 10.0. The van der Waals surface area contributed by atoms with Crippen LogP contribution in [0.25, 0.3) is 0 Å². The Hall–Kier alpha value is -0.350. The largest absolute Gasteiger partial charge is 0.309 e. The van der Waals surface area contributed by atoms with Crippen molar-refractivity contribution < 1.29 is 0 Å². The van der Waals surface area contributed by atoms with Gasteiger partial charge in [0, 0.05) is 9.35 Å². The number of hydrogen-bond acceptors (Lipinski definition) is 2. The molecule has 0 aliphatic carbocycles. The molecule has 0 aliphatic heterocycles. The van der Waals surface area contributed by atoms with E-state index in [0.717, 1.165) is 8.81 Å². The van der Waals surface area contributed by atoms with Gasteiger partial charge in [-0.25, -0.2) is 0 Å². The summed E-state index contributed by atoms with van der Waals surface area (Å²) in [7, 11) is 1.97. The molecule has 1 N–H and O–H groups in total. The van der Waals surface area contributed by atoms with Gasteiger partial charge in [-0.15, -0.1) is 11.3 Å². The maximum atomic E-state index is 6.00. The van der Waals surface area contributed by atoms with Gasteiger partial charge in [0.25, 0.3) is 0 Å². The zero-order valence-corrected chi connectivity index (χ0v) is 12.8. The number of nitrogens with one attached hydrogen (secondary N) is 1. The normalized spacial score (nSPS) is 12.7. The molecule has 1 unspecified atom stereocenters. The Kier molecular flexibility index (Phi) is 4.26. The van der Waals surface area contributed by atoms with E-state index in [1.54, 1.807) is 11.3 Å². The quantitative estimate of drug-likeness (QED) is 0.854. The molecule has 0 fully saturated rings. The van der Waals surface area contributed by atoms with Gasteiger partial charge in [0.15, 0.2) is 0 Å². The Balaban J connectivity index is 2.42. The van der Waals surface area contributed by atoms with E-state index in [2.05, 4.69) is 52.4 Å². The number of halogens is 2. The molecule has 0 saturated heterocycles. The smallest absolute Gasteiger partial charge is 0.0931 e. The average Bonchev–Trinajstić information content (AvgIpc) is 2.69. The van der Waals surface area contributed by atoms with E-state index in [1.807, 2.05) is 13.1 Å². The van der Waals surface area contributed by atoms with Crippen LogP contribution in [0.4, 0.5) is 0 Å². The molecule has 1 aromatic heterocycles. The second-order valence-electron chi connectivity index (χ2n) is 3.86. The van der Waals surface area contributed by atoms with Crippen molar-refractivity contribution in [1.29, 1.82) is 0 Å². The van der Waals surface area contributed by atoms with Crippen molar-refractivity contribution in [2.24, 2.45) is 0 Å². The van der Waals surface area contributed by atoms with Gasteiger partial charge in [0.2, 0.25) is 0 Å². The van der Waals surface area contributed by atoms with Crippen LogP contribution in [0.1, 0.15) is 22.0 Å². The zero-order chi connectivity index (χ0) is 12.4. The third-order valence-corrected chi connectivity index (χ3v) is 4.50. The first-order chi connectivity index (χ1) is 8.11. The molecule has 2 rings (SSSR count). The first-order valence-corrected chi connectivity index (χ1v) is 7.29. The van der Waals surface area contributed by atoms with E-state index >= 15 is 0 Å². The summed E-state index contributed by atoms with van der Waals surface area (Å²) < 4.78 is 1.94. The summed E-state index contributed by atoms with van der Waals surface area (Å²) in [6.07, 6.45) is 0. The highest BCUT2D eigenvalue weighted by Gasteiger charge is 2.16. The molecular weight excluding hydrogens is 318 g/mol. The van der Waals surface area contributed by atoms with Crippen LogP contribution in [0.15, 0.2) is 34.8 Å². The summed E-state index contributed by atoms with van der Waals surface area (Å²) in [6.45, 7) is 2.12. The fourth-order valence-electron chi connectivity index (χ4n) is 1.90. The molecule has 2 aromatic rings. The molecule has 1 aromatic carbocycles. The van der Waals surface area contributed by atoms with E-state index < -0.39 is 0 Å². The van der Waals surface area contributed by atoms with Crippen molar-refractivity contribution in [3.63, 3.8) is 0 Å². The molecule has 1 atom stereocenters. The molecule has 0 saturated carbocycles. The summed E-state index contributed by atoms with van der Waals surface area (Å²) in [4.78, 5) is 1.24. The Morgan fingerprint density at radius 2 is 2.06 bits per heavy atom. The molecule has 17 heavy (non-hydrogen) atoms. The van der Waals surface area contributed by atoms with Crippen LogP contribution in [0.2, 0.25) is 4.34 Å².